The molecule has 0 bridgehead atoms. The summed E-state index contributed by atoms with van der Waals surface area (Å²) in [6.45, 7) is 13.4. The van der Waals surface area contributed by atoms with E-state index in [-0.39, 0.29) is 47.7 Å². The lowest BCUT2D eigenvalue weighted by Crippen LogP contribution is -2.61. The highest BCUT2D eigenvalue weighted by atomic mass is 16.2. The second-order valence-corrected chi connectivity index (χ2v) is 15.1. The van der Waals surface area contributed by atoms with E-state index < -0.39 is 17.5 Å². The maximum Gasteiger partial charge on any atom is 0.245 e. The number of likely N-dealkylation sites (N-methyl/N-ethyl adjacent to an activating group) is 2. The van der Waals surface area contributed by atoms with Crippen LogP contribution in [0.25, 0.3) is 0 Å². The standard InChI is InChI=1S/C36H58N6O4/c1-25(2)30(40(7)35(46)31(36(3,4)5)38-33(44)27-17-11-12-20-39(27)6)24-41-21-13-19-29(41)34(45)42-22-14-18-28(42)32(43)37-23-26-15-9-8-10-16-26/h8-10,15-16,25,27-31H,11-14,17-24H2,1-7H3,(H,37,43)(H,38,44)/t27-,28+,29+,30-,31-/m1/s1. The Hall–Kier alpha value is -2.98. The molecule has 3 saturated heterocycles. The van der Waals surface area contributed by atoms with Gasteiger partial charge in [-0.25, -0.2) is 0 Å². The summed E-state index contributed by atoms with van der Waals surface area (Å²) in [6, 6.07) is 8.01. The molecule has 4 rings (SSSR count). The van der Waals surface area contributed by atoms with Crippen molar-refractivity contribution in [1.29, 1.82) is 0 Å². The summed E-state index contributed by atoms with van der Waals surface area (Å²) in [5.74, 6) is -0.130. The Balaban J connectivity index is 1.42. The number of nitrogens with one attached hydrogen (secondary N) is 2. The summed E-state index contributed by atoms with van der Waals surface area (Å²) < 4.78 is 0. The SMILES string of the molecule is CC(C)[C@@H](CN1CCC[C@H]1C(=O)N1CCC[C@H]1C(=O)NCc1ccccc1)N(C)C(=O)[C@@H](NC(=O)[C@H]1CCCCN1C)C(C)(C)C. The first kappa shape index (κ1) is 35.9. The molecule has 0 aromatic heterocycles. The molecule has 0 spiro atoms. The third-order valence-electron chi connectivity index (χ3n) is 10.3. The predicted octanol–water partition coefficient (Wildman–Crippen LogP) is 3.26. The molecule has 1 aromatic rings. The van der Waals surface area contributed by atoms with Crippen LogP contribution >= 0.6 is 0 Å². The average Bonchev–Trinajstić information content (AvgIpc) is 3.70. The molecule has 4 amide bonds. The van der Waals surface area contributed by atoms with Gasteiger partial charge in [-0.1, -0.05) is 71.4 Å². The zero-order chi connectivity index (χ0) is 33.6. The number of nitrogens with zero attached hydrogens (tertiary/aromatic N) is 4. The molecule has 3 aliphatic rings. The number of amides is 4. The van der Waals surface area contributed by atoms with Gasteiger partial charge in [-0.15, -0.1) is 0 Å². The summed E-state index contributed by atoms with van der Waals surface area (Å²) in [5.41, 5.74) is 0.551. The minimum Gasteiger partial charge on any atom is -0.350 e. The molecule has 0 aliphatic carbocycles. The van der Waals surface area contributed by atoms with E-state index in [1.54, 1.807) is 9.80 Å². The van der Waals surface area contributed by atoms with Gasteiger partial charge in [0.25, 0.3) is 0 Å². The molecule has 3 fully saturated rings. The highest BCUT2D eigenvalue weighted by Gasteiger charge is 2.43. The number of rotatable bonds is 11. The summed E-state index contributed by atoms with van der Waals surface area (Å²) in [7, 11) is 3.82. The van der Waals surface area contributed by atoms with Gasteiger partial charge < -0.3 is 20.4 Å². The van der Waals surface area contributed by atoms with E-state index in [0.29, 0.717) is 26.1 Å². The number of benzene rings is 1. The second kappa shape index (κ2) is 15.7. The van der Waals surface area contributed by atoms with Crippen molar-refractivity contribution >= 4 is 23.6 Å². The lowest BCUT2D eigenvalue weighted by atomic mass is 9.84. The van der Waals surface area contributed by atoms with Gasteiger partial charge in [-0.05, 0) is 75.6 Å². The Morgan fingerprint density at radius 3 is 2.17 bits per heavy atom. The van der Waals surface area contributed by atoms with Crippen molar-refractivity contribution in [3.63, 3.8) is 0 Å². The van der Waals surface area contributed by atoms with E-state index in [1.807, 2.05) is 65.2 Å². The molecule has 5 atom stereocenters. The number of hydrogen-bond donors (Lipinski definition) is 2. The van der Waals surface area contributed by atoms with Crippen LogP contribution in [-0.2, 0) is 25.7 Å². The molecule has 256 valence electrons. The molecule has 10 nitrogen and oxygen atoms in total. The first-order chi connectivity index (χ1) is 21.8. The molecular weight excluding hydrogens is 580 g/mol. The Kier molecular flexibility index (Phi) is 12.3. The van der Waals surface area contributed by atoms with E-state index >= 15 is 0 Å². The van der Waals surface area contributed by atoms with Gasteiger partial charge in [0.1, 0.15) is 12.1 Å². The fraction of sp³-hybridized carbons (Fsp3) is 0.722. The maximum atomic E-state index is 14.2. The molecule has 3 aliphatic heterocycles. The number of carbonyl (C=O) groups is 4. The predicted molar refractivity (Wildman–Crippen MR) is 181 cm³/mol. The van der Waals surface area contributed by atoms with E-state index in [9.17, 15) is 19.2 Å². The quantitative estimate of drug-likeness (QED) is 0.386. The smallest absolute Gasteiger partial charge is 0.245 e. The molecule has 0 unspecified atom stereocenters. The maximum absolute atomic E-state index is 14.2. The Morgan fingerprint density at radius 2 is 1.52 bits per heavy atom. The van der Waals surface area contributed by atoms with Gasteiger partial charge >= 0.3 is 0 Å². The second-order valence-electron chi connectivity index (χ2n) is 15.1. The van der Waals surface area contributed by atoms with Crippen molar-refractivity contribution in [1.82, 2.24) is 30.2 Å². The molecule has 1 aromatic carbocycles. The fourth-order valence-corrected chi connectivity index (χ4v) is 7.40. The highest BCUT2D eigenvalue weighted by molar-refractivity contribution is 5.91. The number of likely N-dealkylation sites (tertiary alicyclic amines) is 3. The topological polar surface area (TPSA) is 105 Å². The summed E-state index contributed by atoms with van der Waals surface area (Å²) in [5, 5.41) is 6.18. The summed E-state index contributed by atoms with van der Waals surface area (Å²) in [6.07, 6.45) is 6.01. The van der Waals surface area contributed by atoms with E-state index in [2.05, 4.69) is 34.3 Å². The minimum atomic E-state index is -0.669. The van der Waals surface area contributed by atoms with Crippen LogP contribution in [-0.4, -0.2) is 114 Å². The lowest BCUT2D eigenvalue weighted by molar-refractivity contribution is -0.144. The van der Waals surface area contributed by atoms with Gasteiger partial charge in [0, 0.05) is 32.7 Å². The first-order valence-corrected chi connectivity index (χ1v) is 17.4. The van der Waals surface area contributed by atoms with Crippen molar-refractivity contribution < 1.29 is 19.2 Å². The van der Waals surface area contributed by atoms with Gasteiger partial charge in [0.05, 0.1) is 12.1 Å². The largest absolute Gasteiger partial charge is 0.350 e. The van der Waals surface area contributed by atoms with Crippen LogP contribution in [0.3, 0.4) is 0 Å². The van der Waals surface area contributed by atoms with E-state index in [1.165, 1.54) is 0 Å². The monoisotopic (exact) mass is 638 g/mol. The molecular formula is C36H58N6O4. The van der Waals surface area contributed by atoms with Crippen LogP contribution < -0.4 is 10.6 Å². The van der Waals surface area contributed by atoms with Crippen molar-refractivity contribution in [2.45, 2.75) is 116 Å². The zero-order valence-corrected chi connectivity index (χ0v) is 29.3. The lowest BCUT2D eigenvalue weighted by Gasteiger charge is -2.41. The van der Waals surface area contributed by atoms with Crippen molar-refractivity contribution in [3.05, 3.63) is 35.9 Å². The van der Waals surface area contributed by atoms with Crippen LogP contribution in [0, 0.1) is 11.3 Å². The van der Waals surface area contributed by atoms with Gasteiger partial charge in [-0.3, -0.25) is 29.0 Å². The summed E-state index contributed by atoms with van der Waals surface area (Å²) >= 11 is 0. The highest BCUT2D eigenvalue weighted by Crippen LogP contribution is 2.28. The average molecular weight is 639 g/mol. The third kappa shape index (κ3) is 8.68. The summed E-state index contributed by atoms with van der Waals surface area (Å²) in [4.78, 5) is 62.7. The molecule has 10 heteroatoms. The minimum absolute atomic E-state index is 0.0165. The van der Waals surface area contributed by atoms with Crippen molar-refractivity contribution in [2.75, 3.05) is 40.3 Å². The molecule has 0 radical (unpaired) electrons. The normalized spacial score (nSPS) is 24.1. The fourth-order valence-electron chi connectivity index (χ4n) is 7.40. The first-order valence-electron chi connectivity index (χ1n) is 17.4. The molecule has 3 heterocycles. The Morgan fingerprint density at radius 1 is 0.870 bits per heavy atom. The third-order valence-corrected chi connectivity index (χ3v) is 10.3. The molecule has 2 N–H and O–H groups in total. The van der Waals surface area contributed by atoms with Crippen LogP contribution in [0.15, 0.2) is 30.3 Å². The van der Waals surface area contributed by atoms with Crippen LogP contribution in [0.1, 0.15) is 85.1 Å². The van der Waals surface area contributed by atoms with Crippen molar-refractivity contribution in [2.24, 2.45) is 11.3 Å². The molecule has 0 saturated carbocycles. The Labute approximate surface area is 276 Å². The van der Waals surface area contributed by atoms with Crippen LogP contribution in [0.5, 0.6) is 0 Å². The van der Waals surface area contributed by atoms with Crippen LogP contribution in [0.2, 0.25) is 0 Å². The van der Waals surface area contributed by atoms with E-state index in [0.717, 1.165) is 57.2 Å². The van der Waals surface area contributed by atoms with Crippen LogP contribution in [0.4, 0.5) is 0 Å². The zero-order valence-electron chi connectivity index (χ0n) is 29.3. The Bertz CT molecular complexity index is 1200. The van der Waals surface area contributed by atoms with E-state index in [4.69, 9.17) is 0 Å². The van der Waals surface area contributed by atoms with Crippen molar-refractivity contribution in [3.8, 4) is 0 Å². The van der Waals surface area contributed by atoms with Gasteiger partial charge in [0.15, 0.2) is 0 Å². The number of hydrogen-bond acceptors (Lipinski definition) is 6. The van der Waals surface area contributed by atoms with Gasteiger partial charge in [-0.2, -0.15) is 0 Å². The van der Waals surface area contributed by atoms with Gasteiger partial charge in [0.2, 0.25) is 23.6 Å². The number of piperidine rings is 1. The molecule has 46 heavy (non-hydrogen) atoms. The number of carbonyl (C=O) groups excluding carboxylic acids is 4.